The summed E-state index contributed by atoms with van der Waals surface area (Å²) in [6.07, 6.45) is 1.04. The van der Waals surface area contributed by atoms with Crippen LogP contribution in [0.1, 0.15) is 16.2 Å². The van der Waals surface area contributed by atoms with Crippen molar-refractivity contribution in [3.63, 3.8) is 0 Å². The van der Waals surface area contributed by atoms with Crippen LogP contribution in [0.15, 0.2) is 53.3 Å². The van der Waals surface area contributed by atoms with E-state index in [1.54, 1.807) is 49.5 Å². The van der Waals surface area contributed by atoms with Gasteiger partial charge >= 0.3 is 0 Å². The predicted molar refractivity (Wildman–Crippen MR) is 103 cm³/mol. The Morgan fingerprint density at radius 3 is 2.67 bits per heavy atom. The molecule has 0 aliphatic carbocycles. The van der Waals surface area contributed by atoms with E-state index in [-0.39, 0.29) is 18.0 Å². The molecule has 1 heterocycles. The van der Waals surface area contributed by atoms with Gasteiger partial charge in [-0.05, 0) is 30.3 Å². The van der Waals surface area contributed by atoms with Gasteiger partial charge in [-0.3, -0.25) is 14.3 Å². The number of nitrogens with zero attached hydrogens (tertiary/aromatic N) is 2. The number of fused-ring (bicyclic) bond motifs is 1. The van der Waals surface area contributed by atoms with Crippen LogP contribution < -0.4 is 10.3 Å². The van der Waals surface area contributed by atoms with Gasteiger partial charge in [-0.15, -0.1) is 0 Å². The SMILES string of the molecule is CN(Cc1nc2ccccc2c(=O)[nH]1)C(=O)c1cccc(NS(C)(=O)=O)c1. The summed E-state index contributed by atoms with van der Waals surface area (Å²) in [4.78, 5) is 33.2. The van der Waals surface area contributed by atoms with E-state index in [2.05, 4.69) is 14.7 Å². The number of para-hydroxylation sites is 1. The number of sulfonamides is 1. The first-order valence-corrected chi connectivity index (χ1v) is 9.93. The number of anilines is 1. The summed E-state index contributed by atoms with van der Waals surface area (Å²) in [6, 6.07) is 13.1. The molecule has 0 fully saturated rings. The molecule has 0 unspecified atom stereocenters. The highest BCUT2D eigenvalue weighted by Crippen LogP contribution is 2.14. The van der Waals surface area contributed by atoms with Crippen LogP contribution in [0.2, 0.25) is 0 Å². The zero-order chi connectivity index (χ0) is 19.6. The molecule has 3 rings (SSSR count). The van der Waals surface area contributed by atoms with Crippen LogP contribution in [0.4, 0.5) is 5.69 Å². The molecule has 1 amide bonds. The molecule has 0 spiro atoms. The highest BCUT2D eigenvalue weighted by Gasteiger charge is 2.15. The first kappa shape index (κ1) is 18.6. The van der Waals surface area contributed by atoms with Gasteiger partial charge in [-0.2, -0.15) is 0 Å². The third-order valence-corrected chi connectivity index (χ3v) is 4.41. The molecule has 9 heteroatoms. The highest BCUT2D eigenvalue weighted by molar-refractivity contribution is 7.92. The van der Waals surface area contributed by atoms with Crippen molar-refractivity contribution in [1.82, 2.24) is 14.9 Å². The molecule has 140 valence electrons. The number of aromatic nitrogens is 2. The minimum atomic E-state index is -3.44. The maximum atomic E-state index is 12.6. The monoisotopic (exact) mass is 386 g/mol. The topological polar surface area (TPSA) is 112 Å². The van der Waals surface area contributed by atoms with Gasteiger partial charge in [-0.1, -0.05) is 18.2 Å². The Labute approximate surface area is 155 Å². The summed E-state index contributed by atoms with van der Waals surface area (Å²) in [7, 11) is -1.86. The fourth-order valence-electron chi connectivity index (χ4n) is 2.66. The van der Waals surface area contributed by atoms with Crippen molar-refractivity contribution in [2.75, 3.05) is 18.0 Å². The number of H-pyrrole nitrogens is 1. The molecule has 0 aliphatic rings. The van der Waals surface area contributed by atoms with E-state index in [4.69, 9.17) is 0 Å². The number of aromatic amines is 1. The van der Waals surface area contributed by atoms with E-state index in [9.17, 15) is 18.0 Å². The quantitative estimate of drug-likeness (QED) is 0.691. The second-order valence-electron chi connectivity index (χ2n) is 6.15. The Hall–Kier alpha value is -3.20. The number of benzene rings is 2. The summed E-state index contributed by atoms with van der Waals surface area (Å²) >= 11 is 0. The third-order valence-electron chi connectivity index (χ3n) is 3.81. The van der Waals surface area contributed by atoms with E-state index in [1.807, 2.05) is 0 Å². The van der Waals surface area contributed by atoms with Crippen LogP contribution in [-0.2, 0) is 16.6 Å². The van der Waals surface area contributed by atoms with Crippen LogP contribution >= 0.6 is 0 Å². The molecular weight excluding hydrogens is 368 g/mol. The number of rotatable bonds is 5. The minimum Gasteiger partial charge on any atom is -0.334 e. The maximum absolute atomic E-state index is 12.6. The molecule has 27 heavy (non-hydrogen) atoms. The smallest absolute Gasteiger partial charge is 0.258 e. The van der Waals surface area contributed by atoms with Crippen LogP contribution in [0.5, 0.6) is 0 Å². The van der Waals surface area contributed by atoms with Crippen molar-refractivity contribution in [2.24, 2.45) is 0 Å². The van der Waals surface area contributed by atoms with Crippen LogP contribution in [-0.4, -0.2) is 42.5 Å². The fraction of sp³-hybridized carbons (Fsp3) is 0.167. The molecule has 0 saturated heterocycles. The van der Waals surface area contributed by atoms with Gasteiger partial charge in [0, 0.05) is 18.3 Å². The molecule has 8 nitrogen and oxygen atoms in total. The number of carbonyl (C=O) groups excluding carboxylic acids is 1. The van der Waals surface area contributed by atoms with E-state index in [0.29, 0.717) is 28.0 Å². The first-order valence-electron chi connectivity index (χ1n) is 8.04. The number of amides is 1. The average molecular weight is 386 g/mol. The predicted octanol–water partition coefficient (Wildman–Crippen LogP) is 1.57. The minimum absolute atomic E-state index is 0.0998. The summed E-state index contributed by atoms with van der Waals surface area (Å²) in [5.74, 6) is 0.0305. The van der Waals surface area contributed by atoms with Gasteiger partial charge < -0.3 is 9.88 Å². The van der Waals surface area contributed by atoms with E-state index < -0.39 is 10.0 Å². The van der Waals surface area contributed by atoms with Gasteiger partial charge in [0.05, 0.1) is 23.7 Å². The molecule has 0 saturated carbocycles. The van der Waals surface area contributed by atoms with Crippen molar-refractivity contribution >= 4 is 32.5 Å². The first-order chi connectivity index (χ1) is 12.7. The lowest BCUT2D eigenvalue weighted by Gasteiger charge is -2.17. The third kappa shape index (κ3) is 4.50. The largest absolute Gasteiger partial charge is 0.334 e. The summed E-state index contributed by atoms with van der Waals surface area (Å²) in [5, 5.41) is 0.481. The van der Waals surface area contributed by atoms with Gasteiger partial charge in [-0.25, -0.2) is 13.4 Å². The molecule has 2 N–H and O–H groups in total. The lowest BCUT2D eigenvalue weighted by atomic mass is 10.2. The number of hydrogen-bond donors (Lipinski definition) is 2. The molecule has 0 radical (unpaired) electrons. The molecule has 0 atom stereocenters. The average Bonchev–Trinajstić information content (AvgIpc) is 2.60. The zero-order valence-electron chi connectivity index (χ0n) is 14.8. The van der Waals surface area contributed by atoms with Crippen molar-refractivity contribution in [1.29, 1.82) is 0 Å². The Balaban J connectivity index is 1.82. The van der Waals surface area contributed by atoms with Gasteiger partial charge in [0.25, 0.3) is 11.5 Å². The maximum Gasteiger partial charge on any atom is 0.258 e. The molecular formula is C18H18N4O4S. The normalized spacial score (nSPS) is 11.3. The van der Waals surface area contributed by atoms with Crippen LogP contribution in [0, 0.1) is 0 Å². The Bertz CT molecular complexity index is 1170. The van der Waals surface area contributed by atoms with Crippen LogP contribution in [0.3, 0.4) is 0 Å². The Morgan fingerprint density at radius 2 is 1.93 bits per heavy atom. The highest BCUT2D eigenvalue weighted by atomic mass is 32.2. The van der Waals surface area contributed by atoms with Crippen molar-refractivity contribution in [3.8, 4) is 0 Å². The second-order valence-corrected chi connectivity index (χ2v) is 7.89. The van der Waals surface area contributed by atoms with E-state index >= 15 is 0 Å². The van der Waals surface area contributed by atoms with Gasteiger partial charge in [0.15, 0.2) is 0 Å². The van der Waals surface area contributed by atoms with Crippen molar-refractivity contribution in [3.05, 3.63) is 70.3 Å². The van der Waals surface area contributed by atoms with Crippen molar-refractivity contribution in [2.45, 2.75) is 6.54 Å². The lowest BCUT2D eigenvalue weighted by Crippen LogP contribution is -2.28. The number of carbonyl (C=O) groups is 1. The number of hydrogen-bond acceptors (Lipinski definition) is 5. The molecule has 3 aromatic rings. The molecule has 1 aromatic heterocycles. The van der Waals surface area contributed by atoms with E-state index in [1.165, 1.54) is 11.0 Å². The Kier molecular flexibility index (Phi) is 4.95. The fourth-order valence-corrected chi connectivity index (χ4v) is 3.21. The summed E-state index contributed by atoms with van der Waals surface area (Å²) in [6.45, 7) is 0.0998. The molecule has 0 bridgehead atoms. The molecule has 0 aliphatic heterocycles. The standard InChI is InChI=1S/C18H18N4O4S/c1-22(11-16-19-15-9-4-3-8-14(15)17(23)20-16)18(24)12-6-5-7-13(10-12)21-27(2,25)26/h3-10,21H,11H2,1-2H3,(H,19,20,23). The molecule has 2 aromatic carbocycles. The number of nitrogens with one attached hydrogen (secondary N) is 2. The van der Waals surface area contributed by atoms with Crippen LogP contribution in [0.25, 0.3) is 10.9 Å². The second kappa shape index (κ2) is 7.20. The summed E-state index contributed by atoms with van der Waals surface area (Å²) < 4.78 is 25.0. The summed E-state index contributed by atoms with van der Waals surface area (Å²) in [5.41, 5.74) is 0.899. The Morgan fingerprint density at radius 1 is 1.19 bits per heavy atom. The zero-order valence-corrected chi connectivity index (χ0v) is 15.6. The van der Waals surface area contributed by atoms with Gasteiger partial charge in [0.2, 0.25) is 10.0 Å². The lowest BCUT2D eigenvalue weighted by molar-refractivity contribution is 0.0781. The van der Waals surface area contributed by atoms with Gasteiger partial charge in [0.1, 0.15) is 5.82 Å². The van der Waals surface area contributed by atoms with Crippen molar-refractivity contribution < 1.29 is 13.2 Å². The van der Waals surface area contributed by atoms with E-state index in [0.717, 1.165) is 6.26 Å².